The van der Waals surface area contributed by atoms with Crippen LogP contribution < -0.4 is 5.32 Å². The smallest absolute Gasteiger partial charge is 0.183 e. The minimum Gasteiger partial charge on any atom is -0.391 e. The summed E-state index contributed by atoms with van der Waals surface area (Å²) in [7, 11) is 0. The molecule has 0 saturated heterocycles. The summed E-state index contributed by atoms with van der Waals surface area (Å²) >= 11 is 1.61. The number of nitrogens with zero attached hydrogens (tertiary/aromatic N) is 1. The van der Waals surface area contributed by atoms with E-state index in [0.717, 1.165) is 35.7 Å². The summed E-state index contributed by atoms with van der Waals surface area (Å²) in [6.45, 7) is 0. The van der Waals surface area contributed by atoms with Crippen molar-refractivity contribution >= 4 is 16.5 Å². The number of hydrogen-bond acceptors (Lipinski definition) is 4. The van der Waals surface area contributed by atoms with Gasteiger partial charge in [0, 0.05) is 10.9 Å². The molecule has 0 radical (unpaired) electrons. The highest BCUT2D eigenvalue weighted by Gasteiger charge is 2.23. The van der Waals surface area contributed by atoms with Gasteiger partial charge in [-0.05, 0) is 12.8 Å². The highest BCUT2D eigenvalue weighted by Crippen LogP contribution is 2.27. The van der Waals surface area contributed by atoms with Crippen LogP contribution in [0.3, 0.4) is 0 Å². The maximum Gasteiger partial charge on any atom is 0.183 e. The Morgan fingerprint density at radius 2 is 1.95 bits per heavy atom. The highest BCUT2D eigenvalue weighted by atomic mass is 32.1. The fraction of sp³-hybridized carbons (Fsp3) is 0.400. The molecule has 1 aliphatic rings. The third kappa shape index (κ3) is 2.96. The number of rotatable bonds is 3. The van der Waals surface area contributed by atoms with Gasteiger partial charge in [-0.2, -0.15) is 0 Å². The van der Waals surface area contributed by atoms with Crippen molar-refractivity contribution in [3.63, 3.8) is 0 Å². The number of hydrogen-bond donors (Lipinski definition) is 2. The van der Waals surface area contributed by atoms with Crippen LogP contribution in [0.4, 0.5) is 5.13 Å². The van der Waals surface area contributed by atoms with Gasteiger partial charge in [0.05, 0.1) is 17.8 Å². The van der Waals surface area contributed by atoms with Crippen LogP contribution in [0.25, 0.3) is 11.3 Å². The van der Waals surface area contributed by atoms with Crippen molar-refractivity contribution in [2.45, 2.75) is 37.8 Å². The van der Waals surface area contributed by atoms with Crippen molar-refractivity contribution in [2.75, 3.05) is 5.32 Å². The van der Waals surface area contributed by atoms with Gasteiger partial charge in [-0.15, -0.1) is 11.3 Å². The molecule has 1 aliphatic carbocycles. The van der Waals surface area contributed by atoms with Gasteiger partial charge in [-0.1, -0.05) is 43.2 Å². The predicted octanol–water partition coefficient (Wildman–Crippen LogP) is 3.53. The lowest BCUT2D eigenvalue weighted by atomic mass is 9.93. The Morgan fingerprint density at radius 3 is 2.74 bits per heavy atom. The molecule has 2 atom stereocenters. The summed E-state index contributed by atoms with van der Waals surface area (Å²) in [6, 6.07) is 10.3. The molecule has 2 N–H and O–H groups in total. The zero-order chi connectivity index (χ0) is 13.1. The van der Waals surface area contributed by atoms with Crippen molar-refractivity contribution < 1.29 is 5.11 Å². The third-order valence-electron chi connectivity index (χ3n) is 3.61. The van der Waals surface area contributed by atoms with E-state index < -0.39 is 0 Å². The zero-order valence-electron chi connectivity index (χ0n) is 10.7. The normalized spacial score (nSPS) is 23.2. The first-order valence-corrected chi connectivity index (χ1v) is 7.66. The second kappa shape index (κ2) is 5.72. The molecule has 1 aromatic heterocycles. The molecular weight excluding hydrogens is 256 g/mol. The van der Waals surface area contributed by atoms with Gasteiger partial charge < -0.3 is 10.4 Å². The first kappa shape index (κ1) is 12.6. The first-order valence-electron chi connectivity index (χ1n) is 6.78. The fourth-order valence-electron chi connectivity index (χ4n) is 2.52. The van der Waals surface area contributed by atoms with E-state index in [-0.39, 0.29) is 12.1 Å². The van der Waals surface area contributed by atoms with E-state index in [4.69, 9.17) is 0 Å². The Balaban J connectivity index is 1.71. The van der Waals surface area contributed by atoms with Gasteiger partial charge in [-0.3, -0.25) is 0 Å². The second-order valence-electron chi connectivity index (χ2n) is 5.01. The molecule has 2 aromatic rings. The molecule has 19 heavy (non-hydrogen) atoms. The molecule has 1 aromatic carbocycles. The molecule has 1 fully saturated rings. The molecule has 100 valence electrons. The molecule has 1 heterocycles. The van der Waals surface area contributed by atoms with Crippen LogP contribution in [0, 0.1) is 0 Å². The van der Waals surface area contributed by atoms with Crippen molar-refractivity contribution in [1.29, 1.82) is 0 Å². The van der Waals surface area contributed by atoms with Crippen molar-refractivity contribution in [2.24, 2.45) is 0 Å². The molecule has 0 spiro atoms. The van der Waals surface area contributed by atoms with Crippen LogP contribution >= 0.6 is 11.3 Å². The van der Waals surface area contributed by atoms with Gasteiger partial charge in [0.25, 0.3) is 0 Å². The maximum atomic E-state index is 9.97. The topological polar surface area (TPSA) is 45.1 Å². The molecule has 0 unspecified atom stereocenters. The summed E-state index contributed by atoms with van der Waals surface area (Å²) in [4.78, 5) is 4.61. The van der Waals surface area contributed by atoms with E-state index >= 15 is 0 Å². The standard InChI is InChI=1S/C15H18N2OS/c18-14-9-5-4-8-12(14)16-15-17-13(10-19-15)11-6-2-1-3-7-11/h1-3,6-7,10,12,14,18H,4-5,8-9H2,(H,16,17)/t12-,14-/m0/s1. The molecule has 3 nitrogen and oxygen atoms in total. The summed E-state index contributed by atoms with van der Waals surface area (Å²) < 4.78 is 0. The van der Waals surface area contributed by atoms with Gasteiger partial charge in [-0.25, -0.2) is 4.98 Å². The lowest BCUT2D eigenvalue weighted by molar-refractivity contribution is 0.116. The Labute approximate surface area is 117 Å². The summed E-state index contributed by atoms with van der Waals surface area (Å²) in [5.74, 6) is 0. The summed E-state index contributed by atoms with van der Waals surface area (Å²) in [5.41, 5.74) is 2.13. The first-order chi connectivity index (χ1) is 9.33. The molecular formula is C15H18N2OS. The number of benzene rings is 1. The molecule has 1 saturated carbocycles. The van der Waals surface area contributed by atoms with Crippen LogP contribution in [0.2, 0.25) is 0 Å². The highest BCUT2D eigenvalue weighted by molar-refractivity contribution is 7.14. The van der Waals surface area contributed by atoms with E-state index in [1.54, 1.807) is 11.3 Å². The van der Waals surface area contributed by atoms with E-state index in [9.17, 15) is 5.11 Å². The third-order valence-corrected chi connectivity index (χ3v) is 4.39. The van der Waals surface area contributed by atoms with Crippen LogP contribution in [0.15, 0.2) is 35.7 Å². The Bertz CT molecular complexity index is 526. The van der Waals surface area contributed by atoms with Crippen molar-refractivity contribution in [1.82, 2.24) is 4.98 Å². The average Bonchev–Trinajstić information content (AvgIpc) is 2.91. The van der Waals surface area contributed by atoms with Crippen molar-refractivity contribution in [3.8, 4) is 11.3 Å². The lowest BCUT2D eigenvalue weighted by Crippen LogP contribution is -2.36. The van der Waals surface area contributed by atoms with Gasteiger partial charge in [0.1, 0.15) is 0 Å². The van der Waals surface area contributed by atoms with Gasteiger partial charge in [0.15, 0.2) is 5.13 Å². The van der Waals surface area contributed by atoms with E-state index in [1.807, 2.05) is 18.2 Å². The average molecular weight is 274 g/mol. The number of aromatic nitrogens is 1. The largest absolute Gasteiger partial charge is 0.391 e. The van der Waals surface area contributed by atoms with Crippen LogP contribution in [0.1, 0.15) is 25.7 Å². The van der Waals surface area contributed by atoms with Crippen molar-refractivity contribution in [3.05, 3.63) is 35.7 Å². The minimum atomic E-state index is -0.238. The Kier molecular flexibility index (Phi) is 3.80. The molecule has 4 heteroatoms. The van der Waals surface area contributed by atoms with E-state index in [2.05, 4.69) is 27.8 Å². The number of thiazole rings is 1. The van der Waals surface area contributed by atoms with Crippen LogP contribution in [-0.4, -0.2) is 22.2 Å². The SMILES string of the molecule is O[C@H]1CCCC[C@@H]1Nc1nc(-c2ccccc2)cs1. The molecule has 0 aliphatic heterocycles. The molecule has 0 bridgehead atoms. The number of anilines is 1. The maximum absolute atomic E-state index is 9.97. The Hall–Kier alpha value is -1.39. The number of aliphatic hydroxyl groups excluding tert-OH is 1. The van der Waals surface area contributed by atoms with E-state index in [0.29, 0.717) is 0 Å². The summed E-state index contributed by atoms with van der Waals surface area (Å²) in [6.07, 6.45) is 4.01. The van der Waals surface area contributed by atoms with Crippen LogP contribution in [-0.2, 0) is 0 Å². The minimum absolute atomic E-state index is 0.156. The van der Waals surface area contributed by atoms with Gasteiger partial charge in [0.2, 0.25) is 0 Å². The van der Waals surface area contributed by atoms with Crippen LogP contribution in [0.5, 0.6) is 0 Å². The fourth-order valence-corrected chi connectivity index (χ4v) is 3.30. The number of nitrogens with one attached hydrogen (secondary N) is 1. The van der Waals surface area contributed by atoms with Gasteiger partial charge >= 0.3 is 0 Å². The Morgan fingerprint density at radius 1 is 1.16 bits per heavy atom. The number of aliphatic hydroxyl groups is 1. The predicted molar refractivity (Wildman–Crippen MR) is 79.4 cm³/mol. The lowest BCUT2D eigenvalue weighted by Gasteiger charge is -2.28. The second-order valence-corrected chi connectivity index (χ2v) is 5.86. The quantitative estimate of drug-likeness (QED) is 0.900. The summed E-state index contributed by atoms with van der Waals surface area (Å²) in [5, 5.41) is 16.3. The molecule has 3 rings (SSSR count). The monoisotopic (exact) mass is 274 g/mol. The molecule has 0 amide bonds. The zero-order valence-corrected chi connectivity index (χ0v) is 11.6. The van der Waals surface area contributed by atoms with E-state index in [1.165, 1.54) is 6.42 Å².